The van der Waals surface area contributed by atoms with Crippen molar-refractivity contribution in [3.63, 3.8) is 0 Å². The van der Waals surface area contributed by atoms with E-state index in [1.165, 1.54) is 12.4 Å². The van der Waals surface area contributed by atoms with Crippen LogP contribution >= 0.6 is 0 Å². The van der Waals surface area contributed by atoms with Crippen molar-refractivity contribution in [2.45, 2.75) is 70.3 Å². The van der Waals surface area contributed by atoms with E-state index in [-0.39, 0.29) is 5.52 Å². The van der Waals surface area contributed by atoms with Gasteiger partial charge in [0.15, 0.2) is 0 Å². The lowest BCUT2D eigenvalue weighted by molar-refractivity contribution is 0.00578. The Kier molecular flexibility index (Phi) is 5.61. The number of H-pyrrole nitrogens is 1. The number of fused-ring (bicyclic) bond motifs is 1. The lowest BCUT2D eigenvalue weighted by Gasteiger charge is -2.40. The summed E-state index contributed by atoms with van der Waals surface area (Å²) in [6, 6.07) is 3.33. The van der Waals surface area contributed by atoms with Crippen LogP contribution in [0.2, 0.25) is 0 Å². The van der Waals surface area contributed by atoms with Crippen LogP contribution in [0.3, 0.4) is 0 Å². The normalized spacial score (nSPS) is 25.4. The molecule has 11 heteroatoms. The van der Waals surface area contributed by atoms with Gasteiger partial charge >= 0.3 is 7.12 Å². The Morgan fingerprint density at radius 3 is 2.32 bits per heavy atom. The second kappa shape index (κ2) is 8.06. The van der Waals surface area contributed by atoms with Crippen LogP contribution in [0.15, 0.2) is 58.7 Å². The van der Waals surface area contributed by atoms with Crippen LogP contribution in [0, 0.1) is 6.92 Å². The standard InChI is InChI=1S/C26H33BN4O5S/c1-16-13-19(27-35-24(3,4)25(5,6)36-27)14-21(20-15-29-30(8)17(20)2)26(16,7)37(33,34)31-12-10-18-9-11-28-23(32)22(18)31/h9-15,21H,1-8H3,(H,28,32). The highest BCUT2D eigenvalue weighted by molar-refractivity contribution is 7.91. The number of aryl methyl sites for hydroxylation is 1. The molecule has 196 valence electrons. The minimum absolute atomic E-state index is 0.0962. The molecular formula is C26H33BN4O5S. The number of pyridine rings is 1. The van der Waals surface area contributed by atoms with Gasteiger partial charge in [-0.15, -0.1) is 0 Å². The predicted octanol–water partition coefficient (Wildman–Crippen LogP) is 3.61. The maximum absolute atomic E-state index is 14.5. The Morgan fingerprint density at radius 1 is 1.08 bits per heavy atom. The zero-order valence-electron chi connectivity index (χ0n) is 22.5. The van der Waals surface area contributed by atoms with Crippen LogP contribution in [0.25, 0.3) is 10.9 Å². The second-order valence-corrected chi connectivity index (χ2v) is 13.4. The highest BCUT2D eigenvalue weighted by atomic mass is 32.2. The van der Waals surface area contributed by atoms with E-state index in [1.54, 1.807) is 29.9 Å². The first-order valence-electron chi connectivity index (χ1n) is 12.3. The van der Waals surface area contributed by atoms with Gasteiger partial charge in [0.05, 0.1) is 17.4 Å². The van der Waals surface area contributed by atoms with Crippen molar-refractivity contribution < 1.29 is 17.7 Å². The van der Waals surface area contributed by atoms with Gasteiger partial charge in [-0.1, -0.05) is 17.7 Å². The van der Waals surface area contributed by atoms with E-state index < -0.39 is 44.6 Å². The Morgan fingerprint density at radius 2 is 1.73 bits per heavy atom. The van der Waals surface area contributed by atoms with E-state index in [9.17, 15) is 13.2 Å². The third kappa shape index (κ3) is 3.54. The molecule has 1 fully saturated rings. The first-order chi connectivity index (χ1) is 17.1. The summed E-state index contributed by atoms with van der Waals surface area (Å²) in [6.45, 7) is 13.4. The van der Waals surface area contributed by atoms with Crippen molar-refractivity contribution in [3.05, 3.63) is 75.5 Å². The third-order valence-corrected chi connectivity index (χ3v) is 11.1. The average molecular weight is 524 g/mol. The molecule has 0 radical (unpaired) electrons. The van der Waals surface area contributed by atoms with E-state index in [4.69, 9.17) is 9.31 Å². The lowest BCUT2D eigenvalue weighted by Crippen LogP contribution is -2.47. The van der Waals surface area contributed by atoms with Crippen LogP contribution in [0.5, 0.6) is 0 Å². The molecule has 0 spiro atoms. The average Bonchev–Trinajstić information content (AvgIpc) is 3.45. The summed E-state index contributed by atoms with van der Waals surface area (Å²) >= 11 is 0. The van der Waals surface area contributed by atoms with Crippen molar-refractivity contribution in [1.82, 2.24) is 18.7 Å². The summed E-state index contributed by atoms with van der Waals surface area (Å²) in [5.74, 6) is -0.620. The zero-order valence-corrected chi connectivity index (χ0v) is 23.3. The summed E-state index contributed by atoms with van der Waals surface area (Å²) in [5, 5.41) is 4.96. The van der Waals surface area contributed by atoms with Crippen LogP contribution in [-0.2, 0) is 26.4 Å². The van der Waals surface area contributed by atoms with Gasteiger partial charge < -0.3 is 14.3 Å². The number of hydrogen-bond acceptors (Lipinski definition) is 6. The summed E-state index contributed by atoms with van der Waals surface area (Å²) in [6.07, 6.45) is 8.45. The molecule has 0 amide bonds. The van der Waals surface area contributed by atoms with Gasteiger partial charge in [0.1, 0.15) is 10.3 Å². The molecule has 4 heterocycles. The smallest absolute Gasteiger partial charge is 0.399 e. The number of nitrogens with zero attached hydrogens (tertiary/aromatic N) is 3. The maximum atomic E-state index is 14.5. The molecule has 1 saturated heterocycles. The monoisotopic (exact) mass is 524 g/mol. The van der Waals surface area contributed by atoms with E-state index >= 15 is 0 Å². The molecule has 37 heavy (non-hydrogen) atoms. The minimum atomic E-state index is -4.15. The fraction of sp³-hybridized carbons (Fsp3) is 0.462. The molecule has 5 rings (SSSR count). The summed E-state index contributed by atoms with van der Waals surface area (Å²) < 4.78 is 43.1. The molecule has 0 bridgehead atoms. The highest BCUT2D eigenvalue weighted by Gasteiger charge is 2.56. The highest BCUT2D eigenvalue weighted by Crippen LogP contribution is 2.49. The topological polar surface area (TPSA) is 108 Å². The Hall–Kier alpha value is -2.89. The molecule has 9 nitrogen and oxygen atoms in total. The van der Waals surface area contributed by atoms with Gasteiger partial charge in [0, 0.05) is 42.0 Å². The molecule has 2 aliphatic rings. The second-order valence-electron chi connectivity index (χ2n) is 11.2. The number of allylic oxidation sites excluding steroid dienone is 3. The van der Waals surface area contributed by atoms with Gasteiger partial charge in [-0.25, -0.2) is 12.4 Å². The first-order valence-corrected chi connectivity index (χ1v) is 13.7. The van der Waals surface area contributed by atoms with Crippen molar-refractivity contribution in [3.8, 4) is 0 Å². The Balaban J connectivity index is 1.72. The summed E-state index contributed by atoms with van der Waals surface area (Å²) in [4.78, 5) is 15.3. The van der Waals surface area contributed by atoms with E-state index in [0.717, 1.165) is 20.7 Å². The van der Waals surface area contributed by atoms with Gasteiger partial charge in [-0.05, 0) is 66.1 Å². The van der Waals surface area contributed by atoms with E-state index in [1.807, 2.05) is 60.7 Å². The fourth-order valence-corrected chi connectivity index (χ4v) is 7.25. The number of aromatic nitrogens is 4. The van der Waals surface area contributed by atoms with Gasteiger partial charge in [0.25, 0.3) is 5.56 Å². The quantitative estimate of drug-likeness (QED) is 0.523. The van der Waals surface area contributed by atoms with E-state index in [2.05, 4.69) is 10.1 Å². The molecule has 3 aromatic heterocycles. The number of nitrogens with one attached hydrogen (secondary N) is 1. The van der Waals surface area contributed by atoms with E-state index in [0.29, 0.717) is 11.0 Å². The number of rotatable bonds is 4. The predicted molar refractivity (Wildman–Crippen MR) is 144 cm³/mol. The molecule has 2 atom stereocenters. The van der Waals surface area contributed by atoms with Gasteiger partial charge in [-0.3, -0.25) is 9.48 Å². The molecule has 1 N–H and O–H groups in total. The minimum Gasteiger partial charge on any atom is -0.399 e. The van der Waals surface area contributed by atoms with Crippen LogP contribution in [-0.4, -0.2) is 50.2 Å². The molecular weight excluding hydrogens is 491 g/mol. The van der Waals surface area contributed by atoms with Gasteiger partial charge in [-0.2, -0.15) is 5.10 Å². The molecule has 3 aromatic rings. The van der Waals surface area contributed by atoms with Crippen molar-refractivity contribution in [2.24, 2.45) is 7.05 Å². The van der Waals surface area contributed by atoms with Crippen molar-refractivity contribution >= 4 is 28.0 Å². The van der Waals surface area contributed by atoms with Gasteiger partial charge in [0.2, 0.25) is 10.0 Å². The lowest BCUT2D eigenvalue weighted by atomic mass is 9.67. The largest absolute Gasteiger partial charge is 0.494 e. The van der Waals surface area contributed by atoms with Crippen molar-refractivity contribution in [2.75, 3.05) is 0 Å². The number of aromatic amines is 1. The number of hydrogen-bond donors (Lipinski definition) is 1. The van der Waals surface area contributed by atoms with Crippen LogP contribution in [0.1, 0.15) is 58.7 Å². The fourth-order valence-electron chi connectivity index (χ4n) is 5.21. The van der Waals surface area contributed by atoms with Crippen LogP contribution in [0.4, 0.5) is 0 Å². The van der Waals surface area contributed by atoms with Crippen molar-refractivity contribution in [1.29, 1.82) is 0 Å². The zero-order chi connectivity index (χ0) is 27.1. The molecule has 0 aromatic carbocycles. The SMILES string of the molecule is CC1=CC(B2OC(C)(C)C(C)(C)O2)=CC(c2cnn(C)c2C)C1(C)S(=O)(=O)n1ccc2cc[nH]c(=O)c21. The Bertz CT molecular complexity index is 1630. The molecule has 1 aliphatic heterocycles. The molecule has 2 unspecified atom stereocenters. The third-order valence-electron chi connectivity index (χ3n) is 8.62. The molecule has 1 aliphatic carbocycles. The Labute approximate surface area is 217 Å². The maximum Gasteiger partial charge on any atom is 0.494 e. The summed E-state index contributed by atoms with van der Waals surface area (Å²) in [5.41, 5.74) is 1.54. The first kappa shape index (κ1) is 25.8. The molecule has 0 saturated carbocycles. The summed E-state index contributed by atoms with van der Waals surface area (Å²) in [7, 11) is -2.97. The van der Waals surface area contributed by atoms with Crippen LogP contribution < -0.4 is 5.56 Å².